The van der Waals surface area contributed by atoms with E-state index in [9.17, 15) is 5.41 Å². The molecule has 3 heterocycles. The van der Waals surface area contributed by atoms with E-state index >= 15 is 0 Å². The number of pyridine rings is 2. The zero-order valence-electron chi connectivity index (χ0n) is 15.1. The number of nitrogens with zero attached hydrogens (tertiary/aromatic N) is 6. The topological polar surface area (TPSA) is 124 Å². The average molecular weight is 391 g/mol. The van der Waals surface area contributed by atoms with Crippen LogP contribution < -0.4 is 11.1 Å². The van der Waals surface area contributed by atoms with Crippen molar-refractivity contribution in [3.8, 4) is 0 Å². The van der Waals surface area contributed by atoms with Crippen molar-refractivity contribution < 1.29 is 0 Å². The van der Waals surface area contributed by atoms with Gasteiger partial charge in [-0.15, -0.1) is 5.04 Å². The highest BCUT2D eigenvalue weighted by Crippen LogP contribution is 2.30. The summed E-state index contributed by atoms with van der Waals surface area (Å²) in [5, 5.41) is 14.0. The molecule has 0 bridgehead atoms. The van der Waals surface area contributed by atoms with E-state index in [1.54, 1.807) is 24.5 Å². The first-order chi connectivity index (χ1) is 13.7. The van der Waals surface area contributed by atoms with Gasteiger partial charge in [-0.2, -0.15) is 0 Å². The standard InChI is InChI=1S/C19H19N8S/c20-18(12-3-1-2-4-12)28-19(21)27-17-6-5-14-15(26-17)9-13(10-23-14)25-16-7-8-22-11-24-16/h5-12H,1-4H2,(H2,21,26,27)(H,22,24,25)/q-1. The fraction of sp³-hybridized carbons (Fsp3) is 0.263. The Morgan fingerprint density at radius 3 is 2.82 bits per heavy atom. The molecular weight excluding hydrogens is 372 g/mol. The molecule has 0 aromatic carbocycles. The molecule has 0 radical (unpaired) electrons. The van der Waals surface area contributed by atoms with Crippen molar-refractivity contribution in [1.82, 2.24) is 19.9 Å². The maximum absolute atomic E-state index is 10.2. The van der Waals surface area contributed by atoms with Gasteiger partial charge in [0.2, 0.25) is 0 Å². The zero-order valence-corrected chi connectivity index (χ0v) is 15.9. The molecule has 3 N–H and O–H groups in total. The van der Waals surface area contributed by atoms with Gasteiger partial charge in [0.25, 0.3) is 0 Å². The predicted octanol–water partition coefficient (Wildman–Crippen LogP) is 4.00. The van der Waals surface area contributed by atoms with Gasteiger partial charge in [0.1, 0.15) is 12.1 Å². The van der Waals surface area contributed by atoms with Gasteiger partial charge in [0.05, 0.1) is 22.9 Å². The molecule has 4 rings (SSSR count). The number of fused-ring (bicyclic) bond motifs is 1. The lowest BCUT2D eigenvalue weighted by atomic mass is 10.1. The van der Waals surface area contributed by atoms with Crippen molar-refractivity contribution in [2.24, 2.45) is 16.6 Å². The van der Waals surface area contributed by atoms with E-state index in [4.69, 9.17) is 5.73 Å². The van der Waals surface area contributed by atoms with Crippen LogP contribution in [-0.2, 0) is 0 Å². The van der Waals surface area contributed by atoms with Gasteiger partial charge in [-0.1, -0.05) is 24.6 Å². The summed E-state index contributed by atoms with van der Waals surface area (Å²) in [5.74, 6) is 1.35. The van der Waals surface area contributed by atoms with Crippen LogP contribution in [0.15, 0.2) is 48.0 Å². The summed E-state index contributed by atoms with van der Waals surface area (Å²) < 4.78 is 0. The number of anilines is 2. The number of hydrogen-bond donors (Lipinski definition) is 2. The third-order valence-corrected chi connectivity index (χ3v) is 5.36. The van der Waals surface area contributed by atoms with Gasteiger partial charge in [-0.25, -0.2) is 19.9 Å². The minimum atomic E-state index is 0.211. The summed E-state index contributed by atoms with van der Waals surface area (Å²) in [6.07, 6.45) is 9.16. The second-order valence-corrected chi connectivity index (χ2v) is 7.56. The largest absolute Gasteiger partial charge is 0.801 e. The van der Waals surface area contributed by atoms with E-state index in [-0.39, 0.29) is 11.1 Å². The summed E-state index contributed by atoms with van der Waals surface area (Å²) in [7, 11) is 0. The molecule has 0 atom stereocenters. The van der Waals surface area contributed by atoms with Crippen molar-refractivity contribution in [3.63, 3.8) is 0 Å². The second kappa shape index (κ2) is 8.30. The summed E-state index contributed by atoms with van der Waals surface area (Å²) >= 11 is 1.12. The maximum atomic E-state index is 10.2. The molecule has 1 aliphatic rings. The van der Waals surface area contributed by atoms with Gasteiger partial charge in [-0.05, 0) is 43.0 Å². The fourth-order valence-electron chi connectivity index (χ4n) is 3.14. The highest BCUT2D eigenvalue weighted by atomic mass is 32.2. The van der Waals surface area contributed by atoms with Gasteiger partial charge >= 0.3 is 0 Å². The SMILES string of the molecule is [N-]=C(SC(N)=Nc1ccc2ncc(Nc3ccncn3)cc2n1)C1CCCC1. The lowest BCUT2D eigenvalue weighted by Gasteiger charge is -2.18. The molecule has 142 valence electrons. The Hall–Kier alpha value is -3.07. The first-order valence-electron chi connectivity index (χ1n) is 9.05. The van der Waals surface area contributed by atoms with E-state index in [2.05, 4.69) is 30.2 Å². The van der Waals surface area contributed by atoms with Gasteiger partial charge in [0, 0.05) is 6.20 Å². The lowest BCUT2D eigenvalue weighted by Crippen LogP contribution is -2.14. The van der Waals surface area contributed by atoms with Crippen LogP contribution in [0.3, 0.4) is 0 Å². The molecule has 8 nitrogen and oxygen atoms in total. The van der Waals surface area contributed by atoms with Crippen LogP contribution in [0.2, 0.25) is 0 Å². The number of hydrogen-bond acceptors (Lipinski definition) is 7. The molecule has 1 aliphatic carbocycles. The fourth-order valence-corrected chi connectivity index (χ4v) is 3.89. The Balaban J connectivity index is 1.51. The Bertz CT molecular complexity index is 1010. The maximum Gasteiger partial charge on any atom is 0.163 e. The molecule has 0 saturated heterocycles. The Labute approximate surface area is 166 Å². The summed E-state index contributed by atoms with van der Waals surface area (Å²) in [5.41, 5.74) is 8.19. The van der Waals surface area contributed by atoms with Crippen molar-refractivity contribution >= 4 is 50.3 Å². The lowest BCUT2D eigenvalue weighted by molar-refractivity contribution is 0.746. The minimum absolute atomic E-state index is 0.211. The van der Waals surface area contributed by atoms with Crippen LogP contribution in [0.4, 0.5) is 17.3 Å². The molecular formula is C19H19N8S-. The van der Waals surface area contributed by atoms with Crippen LogP contribution >= 0.6 is 11.8 Å². The van der Waals surface area contributed by atoms with Crippen LogP contribution in [-0.4, -0.2) is 30.1 Å². The van der Waals surface area contributed by atoms with Crippen LogP contribution in [0.5, 0.6) is 0 Å². The predicted molar refractivity (Wildman–Crippen MR) is 114 cm³/mol. The first-order valence-corrected chi connectivity index (χ1v) is 9.87. The van der Waals surface area contributed by atoms with Crippen molar-refractivity contribution in [2.75, 3.05) is 5.32 Å². The molecule has 9 heteroatoms. The van der Waals surface area contributed by atoms with Crippen LogP contribution in [0, 0.1) is 5.92 Å². The third-order valence-electron chi connectivity index (χ3n) is 4.52. The van der Waals surface area contributed by atoms with E-state index in [0.717, 1.165) is 48.6 Å². The van der Waals surface area contributed by atoms with E-state index < -0.39 is 0 Å². The molecule has 0 unspecified atom stereocenters. The van der Waals surface area contributed by atoms with Crippen molar-refractivity contribution in [3.05, 3.63) is 48.4 Å². The molecule has 1 saturated carbocycles. The number of thioether (sulfide) groups is 1. The summed E-state index contributed by atoms with van der Waals surface area (Å²) in [6.45, 7) is 0. The zero-order chi connectivity index (χ0) is 19.3. The third kappa shape index (κ3) is 4.42. The smallest absolute Gasteiger partial charge is 0.163 e. The highest BCUT2D eigenvalue weighted by Gasteiger charge is 2.16. The average Bonchev–Trinajstić information content (AvgIpc) is 3.23. The number of aliphatic imine (C=N–C) groups is 1. The van der Waals surface area contributed by atoms with Crippen LogP contribution in [0.25, 0.3) is 16.4 Å². The monoisotopic (exact) mass is 391 g/mol. The number of aromatic nitrogens is 4. The molecule has 0 spiro atoms. The Morgan fingerprint density at radius 1 is 1.18 bits per heavy atom. The Kier molecular flexibility index (Phi) is 5.43. The number of amidine groups is 1. The second-order valence-electron chi connectivity index (χ2n) is 6.52. The summed E-state index contributed by atoms with van der Waals surface area (Å²) in [6, 6.07) is 7.24. The number of rotatable bonds is 4. The normalized spacial score (nSPS) is 15.1. The molecule has 0 amide bonds. The van der Waals surface area contributed by atoms with E-state index in [1.807, 2.05) is 12.1 Å². The van der Waals surface area contributed by atoms with E-state index in [1.165, 1.54) is 6.33 Å². The van der Waals surface area contributed by atoms with E-state index in [0.29, 0.717) is 22.2 Å². The van der Waals surface area contributed by atoms with Crippen molar-refractivity contribution in [2.45, 2.75) is 25.7 Å². The minimum Gasteiger partial charge on any atom is -0.801 e. The van der Waals surface area contributed by atoms with Gasteiger partial charge in [0.15, 0.2) is 11.0 Å². The van der Waals surface area contributed by atoms with Crippen molar-refractivity contribution in [1.29, 1.82) is 0 Å². The molecule has 1 fully saturated rings. The Morgan fingerprint density at radius 2 is 2.04 bits per heavy atom. The molecule has 3 aromatic rings. The van der Waals surface area contributed by atoms with Gasteiger partial charge < -0.3 is 16.5 Å². The summed E-state index contributed by atoms with van der Waals surface area (Å²) in [4.78, 5) is 21.3. The first kappa shape index (κ1) is 18.3. The highest BCUT2D eigenvalue weighted by molar-refractivity contribution is 8.26. The number of nitrogens with one attached hydrogen (secondary N) is 1. The quantitative estimate of drug-likeness (QED) is 0.508. The molecule has 28 heavy (non-hydrogen) atoms. The number of nitrogens with two attached hydrogens (primary N) is 1. The molecule has 3 aromatic heterocycles. The van der Waals surface area contributed by atoms with Gasteiger partial charge in [-0.3, -0.25) is 4.98 Å². The van der Waals surface area contributed by atoms with Crippen LogP contribution in [0.1, 0.15) is 25.7 Å². The molecule has 0 aliphatic heterocycles.